The van der Waals surface area contributed by atoms with E-state index in [9.17, 15) is 4.79 Å². The number of carbonyl (C=O) groups is 1. The topological polar surface area (TPSA) is 44.1 Å². The molecule has 17 heavy (non-hydrogen) atoms. The summed E-state index contributed by atoms with van der Waals surface area (Å²) in [6.07, 6.45) is 2.40. The van der Waals surface area contributed by atoms with E-state index in [1.165, 1.54) is 0 Å². The SMILES string of the molecule is CCn1ncc(C=O)c1-c1ccccc1OC. The van der Waals surface area contributed by atoms with Crippen molar-refractivity contribution in [3.05, 3.63) is 36.0 Å². The molecule has 2 aromatic rings. The Bertz CT molecular complexity index is 532. The predicted octanol–water partition coefficient (Wildman–Crippen LogP) is 2.39. The van der Waals surface area contributed by atoms with Gasteiger partial charge in [0.25, 0.3) is 0 Å². The fraction of sp³-hybridized carbons (Fsp3) is 0.231. The smallest absolute Gasteiger partial charge is 0.153 e. The van der Waals surface area contributed by atoms with Gasteiger partial charge >= 0.3 is 0 Å². The van der Waals surface area contributed by atoms with Crippen molar-refractivity contribution in [1.29, 1.82) is 0 Å². The van der Waals surface area contributed by atoms with E-state index in [2.05, 4.69) is 5.10 Å². The fourth-order valence-electron chi connectivity index (χ4n) is 1.86. The van der Waals surface area contributed by atoms with Crippen LogP contribution in [0.25, 0.3) is 11.3 Å². The van der Waals surface area contributed by atoms with Gasteiger partial charge in [0.1, 0.15) is 5.75 Å². The molecule has 0 atom stereocenters. The first-order valence-electron chi connectivity index (χ1n) is 5.46. The molecule has 1 aromatic carbocycles. The maximum atomic E-state index is 11.0. The number of methoxy groups -OCH3 is 1. The van der Waals surface area contributed by atoms with Crippen LogP contribution in [0.4, 0.5) is 0 Å². The molecule has 1 heterocycles. The molecule has 1 aromatic heterocycles. The molecule has 88 valence electrons. The molecule has 4 heteroatoms. The molecule has 4 nitrogen and oxygen atoms in total. The van der Waals surface area contributed by atoms with E-state index in [-0.39, 0.29) is 0 Å². The summed E-state index contributed by atoms with van der Waals surface area (Å²) in [5, 5.41) is 4.19. The Morgan fingerprint density at radius 3 is 2.82 bits per heavy atom. The van der Waals surface area contributed by atoms with Crippen LogP contribution in [0.3, 0.4) is 0 Å². The highest BCUT2D eigenvalue weighted by Crippen LogP contribution is 2.31. The largest absolute Gasteiger partial charge is 0.496 e. The molecule has 0 N–H and O–H groups in total. The molecule has 0 aliphatic rings. The Hall–Kier alpha value is -2.10. The van der Waals surface area contributed by atoms with Crippen molar-refractivity contribution in [2.75, 3.05) is 7.11 Å². The third kappa shape index (κ3) is 1.93. The molecule has 2 rings (SSSR count). The Balaban J connectivity index is 2.66. The minimum Gasteiger partial charge on any atom is -0.496 e. The van der Waals surface area contributed by atoms with E-state index in [0.717, 1.165) is 23.3 Å². The van der Waals surface area contributed by atoms with E-state index < -0.39 is 0 Å². The maximum absolute atomic E-state index is 11.0. The number of ether oxygens (including phenoxy) is 1. The van der Waals surface area contributed by atoms with Crippen LogP contribution in [0.15, 0.2) is 30.5 Å². The number of rotatable bonds is 4. The quantitative estimate of drug-likeness (QED) is 0.757. The minimum atomic E-state index is 0.580. The lowest BCUT2D eigenvalue weighted by atomic mass is 10.1. The summed E-state index contributed by atoms with van der Waals surface area (Å²) in [5.74, 6) is 0.741. The summed E-state index contributed by atoms with van der Waals surface area (Å²) < 4.78 is 7.10. The molecule has 0 radical (unpaired) electrons. The molecule has 0 saturated carbocycles. The average molecular weight is 230 g/mol. The molecule has 0 bridgehead atoms. The summed E-state index contributed by atoms with van der Waals surface area (Å²) in [5.41, 5.74) is 2.27. The Kier molecular flexibility index (Phi) is 3.23. The number of para-hydroxylation sites is 1. The van der Waals surface area contributed by atoms with Gasteiger partial charge in [-0.05, 0) is 19.1 Å². The van der Waals surface area contributed by atoms with E-state index >= 15 is 0 Å². The van der Waals surface area contributed by atoms with E-state index in [1.807, 2.05) is 31.2 Å². The van der Waals surface area contributed by atoms with Crippen LogP contribution in [-0.2, 0) is 6.54 Å². The normalized spacial score (nSPS) is 10.2. The van der Waals surface area contributed by atoms with Gasteiger partial charge in [0, 0.05) is 12.1 Å². The fourth-order valence-corrected chi connectivity index (χ4v) is 1.86. The van der Waals surface area contributed by atoms with E-state index in [0.29, 0.717) is 12.1 Å². The third-order valence-corrected chi connectivity index (χ3v) is 2.66. The first-order chi connectivity index (χ1) is 8.31. The van der Waals surface area contributed by atoms with Crippen molar-refractivity contribution in [3.63, 3.8) is 0 Å². The average Bonchev–Trinajstić information content (AvgIpc) is 2.81. The Morgan fingerprint density at radius 2 is 2.18 bits per heavy atom. The summed E-state index contributed by atoms with van der Waals surface area (Å²) in [7, 11) is 1.62. The van der Waals surface area contributed by atoms with Crippen LogP contribution < -0.4 is 4.74 Å². The second-order valence-electron chi connectivity index (χ2n) is 3.58. The number of aromatic nitrogens is 2. The second kappa shape index (κ2) is 4.82. The molecule has 0 amide bonds. The lowest BCUT2D eigenvalue weighted by molar-refractivity contribution is 0.112. The van der Waals surface area contributed by atoms with Crippen molar-refractivity contribution in [1.82, 2.24) is 9.78 Å². The number of aryl methyl sites for hydroxylation is 1. The highest BCUT2D eigenvalue weighted by molar-refractivity contribution is 5.87. The molecule has 0 fully saturated rings. The first-order valence-corrected chi connectivity index (χ1v) is 5.46. The van der Waals surface area contributed by atoms with Crippen LogP contribution in [0.5, 0.6) is 5.75 Å². The van der Waals surface area contributed by atoms with Gasteiger partial charge in [-0.15, -0.1) is 0 Å². The lowest BCUT2D eigenvalue weighted by Gasteiger charge is -2.10. The third-order valence-electron chi connectivity index (χ3n) is 2.66. The summed E-state index contributed by atoms with van der Waals surface area (Å²) in [6, 6.07) is 7.61. The van der Waals surface area contributed by atoms with Gasteiger partial charge in [0.05, 0.1) is 24.6 Å². The highest BCUT2D eigenvalue weighted by Gasteiger charge is 2.15. The summed E-state index contributed by atoms with van der Waals surface area (Å²) in [6.45, 7) is 2.70. The zero-order valence-corrected chi connectivity index (χ0v) is 9.88. The number of carbonyl (C=O) groups excluding carboxylic acids is 1. The molecule has 0 unspecified atom stereocenters. The molecule has 0 aliphatic carbocycles. The highest BCUT2D eigenvalue weighted by atomic mass is 16.5. The number of hydrogen-bond acceptors (Lipinski definition) is 3. The maximum Gasteiger partial charge on any atom is 0.153 e. The van der Waals surface area contributed by atoms with Gasteiger partial charge in [-0.25, -0.2) is 0 Å². The van der Waals surface area contributed by atoms with E-state index in [1.54, 1.807) is 18.0 Å². The van der Waals surface area contributed by atoms with E-state index in [4.69, 9.17) is 4.74 Å². The van der Waals surface area contributed by atoms with Gasteiger partial charge in [-0.3, -0.25) is 9.48 Å². The number of hydrogen-bond donors (Lipinski definition) is 0. The van der Waals surface area contributed by atoms with Gasteiger partial charge in [-0.2, -0.15) is 5.10 Å². The molecule has 0 spiro atoms. The van der Waals surface area contributed by atoms with Crippen molar-refractivity contribution in [2.45, 2.75) is 13.5 Å². The van der Waals surface area contributed by atoms with Crippen LogP contribution in [0, 0.1) is 0 Å². The summed E-state index contributed by atoms with van der Waals surface area (Å²) >= 11 is 0. The minimum absolute atomic E-state index is 0.580. The van der Waals surface area contributed by atoms with Crippen LogP contribution >= 0.6 is 0 Å². The van der Waals surface area contributed by atoms with Crippen molar-refractivity contribution < 1.29 is 9.53 Å². The zero-order chi connectivity index (χ0) is 12.3. The number of aldehydes is 1. The predicted molar refractivity (Wildman–Crippen MR) is 65.3 cm³/mol. The molecular weight excluding hydrogens is 216 g/mol. The molecule has 0 saturated heterocycles. The van der Waals surface area contributed by atoms with Gasteiger partial charge < -0.3 is 4.74 Å². The van der Waals surface area contributed by atoms with Gasteiger partial charge in [-0.1, -0.05) is 12.1 Å². The first kappa shape index (κ1) is 11.4. The number of benzene rings is 1. The standard InChI is InChI=1S/C13H14N2O2/c1-3-15-13(10(9-16)8-14-15)11-6-4-5-7-12(11)17-2/h4-9H,3H2,1-2H3. The van der Waals surface area contributed by atoms with Crippen molar-refractivity contribution >= 4 is 6.29 Å². The second-order valence-corrected chi connectivity index (χ2v) is 3.58. The lowest BCUT2D eigenvalue weighted by Crippen LogP contribution is -2.01. The Labute approximate surface area is 99.8 Å². The zero-order valence-electron chi connectivity index (χ0n) is 9.88. The van der Waals surface area contributed by atoms with Gasteiger partial charge in [0.15, 0.2) is 6.29 Å². The van der Waals surface area contributed by atoms with Crippen LogP contribution in [0.1, 0.15) is 17.3 Å². The number of nitrogens with zero attached hydrogens (tertiary/aromatic N) is 2. The van der Waals surface area contributed by atoms with Crippen LogP contribution in [0.2, 0.25) is 0 Å². The summed E-state index contributed by atoms with van der Waals surface area (Å²) in [4.78, 5) is 11.0. The monoisotopic (exact) mass is 230 g/mol. The van der Waals surface area contributed by atoms with Gasteiger partial charge in [0.2, 0.25) is 0 Å². The van der Waals surface area contributed by atoms with Crippen LogP contribution in [-0.4, -0.2) is 23.2 Å². The Morgan fingerprint density at radius 1 is 1.41 bits per heavy atom. The van der Waals surface area contributed by atoms with Crippen molar-refractivity contribution in [3.8, 4) is 17.0 Å². The van der Waals surface area contributed by atoms with Crippen molar-refractivity contribution in [2.24, 2.45) is 0 Å². The molecular formula is C13H14N2O2. The molecule has 0 aliphatic heterocycles.